The predicted molar refractivity (Wildman–Crippen MR) is 67.0 cm³/mol. The summed E-state index contributed by atoms with van der Waals surface area (Å²) in [5.41, 5.74) is 2.73. The van der Waals surface area contributed by atoms with Crippen molar-refractivity contribution in [3.63, 3.8) is 0 Å². The molecule has 1 aliphatic rings. The first-order valence-electron chi connectivity index (χ1n) is 5.37. The molecule has 0 aliphatic heterocycles. The van der Waals surface area contributed by atoms with Crippen LogP contribution in [0.1, 0.15) is 25.7 Å². The van der Waals surface area contributed by atoms with E-state index in [4.69, 9.17) is 0 Å². The normalized spacial score (nSPS) is 15.1. The largest absolute Gasteiger partial charge is 0.384 e. The first kappa shape index (κ1) is 10.7. The van der Waals surface area contributed by atoms with E-state index >= 15 is 0 Å². The van der Waals surface area contributed by atoms with Gasteiger partial charge in [0.15, 0.2) is 0 Å². The Morgan fingerprint density at radius 3 is 3.13 bits per heavy atom. The Hall–Kier alpha value is -0.830. The van der Waals surface area contributed by atoms with E-state index < -0.39 is 0 Å². The predicted octanol–water partition coefficient (Wildman–Crippen LogP) is 3.76. The Kier molecular flexibility index (Phi) is 3.78. The number of pyridine rings is 1. The molecule has 2 nitrogen and oxygen atoms in total. The van der Waals surface area contributed by atoms with Crippen molar-refractivity contribution >= 4 is 21.6 Å². The van der Waals surface area contributed by atoms with E-state index in [9.17, 15) is 0 Å². The fourth-order valence-corrected chi connectivity index (χ4v) is 2.23. The van der Waals surface area contributed by atoms with Gasteiger partial charge in [-0.3, -0.25) is 4.98 Å². The average Bonchev–Trinajstić information content (AvgIpc) is 2.74. The number of allylic oxidation sites excluding steroid dienone is 1. The highest BCUT2D eigenvalue weighted by Crippen LogP contribution is 2.22. The summed E-state index contributed by atoms with van der Waals surface area (Å²) in [6.07, 6.45) is 11.1. The van der Waals surface area contributed by atoms with E-state index in [1.807, 2.05) is 18.5 Å². The van der Waals surface area contributed by atoms with E-state index in [0.717, 1.165) is 23.1 Å². The molecule has 0 radical (unpaired) electrons. The molecule has 3 heteroatoms. The first-order valence-corrected chi connectivity index (χ1v) is 6.17. The van der Waals surface area contributed by atoms with Crippen LogP contribution in [0, 0.1) is 0 Å². The van der Waals surface area contributed by atoms with Crippen LogP contribution in [0.4, 0.5) is 5.69 Å². The van der Waals surface area contributed by atoms with Crippen LogP contribution in [-0.2, 0) is 0 Å². The molecule has 1 heterocycles. The zero-order chi connectivity index (χ0) is 10.5. The van der Waals surface area contributed by atoms with Gasteiger partial charge in [-0.15, -0.1) is 0 Å². The molecule has 0 amide bonds. The monoisotopic (exact) mass is 266 g/mol. The van der Waals surface area contributed by atoms with Gasteiger partial charge in [0.2, 0.25) is 0 Å². The van der Waals surface area contributed by atoms with Crippen molar-refractivity contribution in [2.24, 2.45) is 0 Å². The van der Waals surface area contributed by atoms with Gasteiger partial charge in [-0.1, -0.05) is 11.6 Å². The molecular weight excluding hydrogens is 252 g/mol. The molecular formula is C12H15BrN2. The Bertz CT molecular complexity index is 360. The number of rotatable bonds is 4. The summed E-state index contributed by atoms with van der Waals surface area (Å²) in [5.74, 6) is 0. The summed E-state index contributed by atoms with van der Waals surface area (Å²) in [6.45, 7) is 1.01. The van der Waals surface area contributed by atoms with E-state index in [1.54, 1.807) is 5.57 Å². The molecule has 1 N–H and O–H groups in total. The highest BCUT2D eigenvalue weighted by Gasteiger charge is 2.04. The topological polar surface area (TPSA) is 24.9 Å². The third-order valence-corrected chi connectivity index (χ3v) is 3.30. The van der Waals surface area contributed by atoms with Crippen LogP contribution in [0.5, 0.6) is 0 Å². The summed E-state index contributed by atoms with van der Waals surface area (Å²) in [7, 11) is 0. The third-order valence-electron chi connectivity index (χ3n) is 2.67. The molecule has 0 fully saturated rings. The number of halogens is 1. The maximum absolute atomic E-state index is 4.03. The Morgan fingerprint density at radius 1 is 1.47 bits per heavy atom. The maximum Gasteiger partial charge on any atom is 0.0590 e. The molecule has 15 heavy (non-hydrogen) atoms. The number of hydrogen-bond acceptors (Lipinski definition) is 2. The van der Waals surface area contributed by atoms with Crippen LogP contribution < -0.4 is 5.32 Å². The zero-order valence-electron chi connectivity index (χ0n) is 8.67. The summed E-state index contributed by atoms with van der Waals surface area (Å²) < 4.78 is 1.03. The van der Waals surface area contributed by atoms with Gasteiger partial charge in [0.1, 0.15) is 0 Å². The molecule has 0 bridgehead atoms. The Morgan fingerprint density at radius 2 is 2.40 bits per heavy atom. The second-order valence-electron chi connectivity index (χ2n) is 3.79. The van der Waals surface area contributed by atoms with Gasteiger partial charge in [0, 0.05) is 18.9 Å². The SMILES string of the molecule is Brc1cnccc1NCCC1=CCCC1. The molecule has 0 saturated heterocycles. The van der Waals surface area contributed by atoms with Crippen LogP contribution >= 0.6 is 15.9 Å². The van der Waals surface area contributed by atoms with Crippen molar-refractivity contribution in [2.75, 3.05) is 11.9 Å². The summed E-state index contributed by atoms with van der Waals surface area (Å²) in [6, 6.07) is 1.99. The van der Waals surface area contributed by atoms with E-state index in [0.29, 0.717) is 0 Å². The lowest BCUT2D eigenvalue weighted by Gasteiger charge is -2.08. The summed E-state index contributed by atoms with van der Waals surface area (Å²) in [5, 5.41) is 3.41. The lowest BCUT2D eigenvalue weighted by molar-refractivity contribution is 0.863. The molecule has 1 aliphatic carbocycles. The van der Waals surface area contributed by atoms with Gasteiger partial charge < -0.3 is 5.32 Å². The van der Waals surface area contributed by atoms with Crippen LogP contribution in [0.25, 0.3) is 0 Å². The number of anilines is 1. The summed E-state index contributed by atoms with van der Waals surface area (Å²) in [4.78, 5) is 4.03. The van der Waals surface area contributed by atoms with Crippen LogP contribution in [-0.4, -0.2) is 11.5 Å². The van der Waals surface area contributed by atoms with Crippen molar-refractivity contribution in [1.29, 1.82) is 0 Å². The minimum atomic E-state index is 1.01. The van der Waals surface area contributed by atoms with Crippen LogP contribution in [0.3, 0.4) is 0 Å². The van der Waals surface area contributed by atoms with Gasteiger partial charge in [-0.25, -0.2) is 0 Å². The molecule has 0 spiro atoms. The van der Waals surface area contributed by atoms with Crippen molar-refractivity contribution in [1.82, 2.24) is 4.98 Å². The quantitative estimate of drug-likeness (QED) is 0.840. The van der Waals surface area contributed by atoms with Gasteiger partial charge >= 0.3 is 0 Å². The highest BCUT2D eigenvalue weighted by molar-refractivity contribution is 9.10. The van der Waals surface area contributed by atoms with Crippen molar-refractivity contribution in [3.05, 3.63) is 34.6 Å². The van der Waals surface area contributed by atoms with Crippen molar-refractivity contribution < 1.29 is 0 Å². The minimum absolute atomic E-state index is 1.01. The molecule has 0 unspecified atom stereocenters. The zero-order valence-corrected chi connectivity index (χ0v) is 10.3. The molecule has 0 aromatic carbocycles. The lowest BCUT2D eigenvalue weighted by atomic mass is 10.2. The smallest absolute Gasteiger partial charge is 0.0590 e. The second-order valence-corrected chi connectivity index (χ2v) is 4.64. The number of nitrogens with zero attached hydrogens (tertiary/aromatic N) is 1. The Balaban J connectivity index is 1.80. The number of aromatic nitrogens is 1. The molecule has 0 saturated carbocycles. The fourth-order valence-electron chi connectivity index (χ4n) is 1.84. The maximum atomic E-state index is 4.03. The molecule has 1 aromatic rings. The Labute approximate surface area is 98.9 Å². The fraction of sp³-hybridized carbons (Fsp3) is 0.417. The molecule has 1 aromatic heterocycles. The third kappa shape index (κ3) is 3.06. The van der Waals surface area contributed by atoms with E-state index in [1.165, 1.54) is 19.3 Å². The minimum Gasteiger partial charge on any atom is -0.384 e. The standard InChI is InChI=1S/C12H15BrN2/c13-11-9-14-7-6-12(11)15-8-5-10-3-1-2-4-10/h3,6-7,9H,1-2,4-5,8H2,(H,14,15). The van der Waals surface area contributed by atoms with Crippen molar-refractivity contribution in [3.8, 4) is 0 Å². The number of hydrogen-bond donors (Lipinski definition) is 1. The van der Waals surface area contributed by atoms with Gasteiger partial charge in [0.05, 0.1) is 10.2 Å². The van der Waals surface area contributed by atoms with Gasteiger partial charge in [0.25, 0.3) is 0 Å². The summed E-state index contributed by atoms with van der Waals surface area (Å²) >= 11 is 3.47. The lowest BCUT2D eigenvalue weighted by Crippen LogP contribution is -2.02. The highest BCUT2D eigenvalue weighted by atomic mass is 79.9. The van der Waals surface area contributed by atoms with Crippen molar-refractivity contribution in [2.45, 2.75) is 25.7 Å². The molecule has 2 rings (SSSR count). The molecule has 0 atom stereocenters. The van der Waals surface area contributed by atoms with Gasteiger partial charge in [-0.05, 0) is 47.7 Å². The van der Waals surface area contributed by atoms with Gasteiger partial charge in [-0.2, -0.15) is 0 Å². The second kappa shape index (κ2) is 5.31. The average molecular weight is 267 g/mol. The first-order chi connectivity index (χ1) is 7.36. The van der Waals surface area contributed by atoms with E-state index in [-0.39, 0.29) is 0 Å². The van der Waals surface area contributed by atoms with E-state index in [2.05, 4.69) is 32.3 Å². The van der Waals surface area contributed by atoms with Crippen LogP contribution in [0.15, 0.2) is 34.6 Å². The van der Waals surface area contributed by atoms with Crippen LogP contribution in [0.2, 0.25) is 0 Å². The molecule has 80 valence electrons. The number of nitrogens with one attached hydrogen (secondary N) is 1.